The van der Waals surface area contributed by atoms with Crippen molar-refractivity contribution < 1.29 is 129 Å². The lowest BCUT2D eigenvalue weighted by atomic mass is 10.1. The largest absolute Gasteiger partial charge is 0.778 e. The number of carboxylic acid groups (broad SMARTS) is 2. The molecule has 8 N–H and O–H groups in total. The van der Waals surface area contributed by atoms with Crippen molar-refractivity contribution in [1.82, 2.24) is 54.4 Å². The maximum Gasteiger partial charge on any atom is 0.434 e. The molecule has 97 heavy (non-hydrogen) atoms. The monoisotopic (exact) mass is 1550 g/mol. The number of aryl methyl sites for hydroxylation is 1. The highest BCUT2D eigenvalue weighted by Gasteiger charge is 2.39. The number of esters is 1. The summed E-state index contributed by atoms with van der Waals surface area (Å²) >= 11 is 8.67. The number of amides is 5. The number of carboxylic acids is 2. The van der Waals surface area contributed by atoms with Crippen molar-refractivity contribution in [2.75, 3.05) is 70.5 Å². The van der Waals surface area contributed by atoms with Gasteiger partial charge in [0.25, 0.3) is 26.0 Å². The number of halogens is 10. The quantitative estimate of drug-likeness (QED) is 0.0181. The molecule has 47 heteroatoms. The topological polar surface area (TPSA) is 463 Å². The molecule has 0 aliphatic carbocycles. The summed E-state index contributed by atoms with van der Waals surface area (Å²) in [6.07, 6.45) is 1.92. The van der Waals surface area contributed by atoms with Crippen molar-refractivity contribution in [3.8, 4) is 34.8 Å². The number of methoxy groups -OCH3 is 2. The second-order valence-electron chi connectivity index (χ2n) is 18.6. The number of alkyl halides is 7. The minimum absolute atomic E-state index is 0.0913. The van der Waals surface area contributed by atoms with E-state index in [-0.39, 0.29) is 45.1 Å². The summed E-state index contributed by atoms with van der Waals surface area (Å²) in [5.74, 6) is -8.02. The second kappa shape index (κ2) is 37.6. The Morgan fingerprint density at radius 1 is 0.784 bits per heavy atom. The Morgan fingerprint density at radius 3 is 1.69 bits per heavy atom. The van der Waals surface area contributed by atoms with E-state index in [1.807, 2.05) is 5.32 Å². The molecule has 0 saturated carbocycles. The van der Waals surface area contributed by atoms with Crippen LogP contribution in [-0.4, -0.2) is 187 Å². The van der Waals surface area contributed by atoms with Gasteiger partial charge in [0.2, 0.25) is 35.4 Å². The van der Waals surface area contributed by atoms with Gasteiger partial charge in [-0.25, -0.2) is 46.4 Å². The first kappa shape index (κ1) is 84.2. The van der Waals surface area contributed by atoms with Crippen LogP contribution in [0.4, 0.5) is 56.6 Å². The molecule has 6 rings (SSSR count). The fraction of sp³-hybridized carbons (Fsp3) is 0.320. The van der Waals surface area contributed by atoms with Gasteiger partial charge in [0.1, 0.15) is 24.0 Å². The van der Waals surface area contributed by atoms with Gasteiger partial charge in [-0.1, -0.05) is 23.7 Å². The van der Waals surface area contributed by atoms with Crippen LogP contribution in [0.15, 0.2) is 81.3 Å². The Kier molecular flexibility index (Phi) is 32.7. The molecule has 5 amide bonds. The molecule has 1 atom stereocenters. The molecule has 1 unspecified atom stereocenters. The molecule has 0 radical (unpaired) electrons. The Balaban J connectivity index is 0.000000451. The third-order valence-electron chi connectivity index (χ3n) is 9.89. The van der Waals surface area contributed by atoms with Crippen LogP contribution in [0.1, 0.15) is 50.6 Å². The zero-order valence-electron chi connectivity index (χ0n) is 51.3. The first-order valence-corrected chi connectivity index (χ1v) is 34.0. The predicted molar refractivity (Wildman–Crippen MR) is 327 cm³/mol. The van der Waals surface area contributed by atoms with Crippen LogP contribution in [0, 0.1) is 5.82 Å². The molecular formula is C50H56BrClF8N13O20PS3. The maximum atomic E-state index is 14.3. The highest BCUT2D eigenvalue weighted by atomic mass is 79.9. The summed E-state index contributed by atoms with van der Waals surface area (Å²) in [6.45, 7) is -4.07. The highest BCUT2D eigenvalue weighted by Crippen LogP contribution is 2.41. The van der Waals surface area contributed by atoms with E-state index in [2.05, 4.69) is 79.5 Å². The number of hydrogen-bond acceptors (Lipinski definition) is 24. The number of carbonyl (C=O) groups excluding carboxylic acids is 4. The number of aromatic nitrogens is 7. The average molecular weight is 1550 g/mol. The number of hydrogen-bond donors (Lipinski definition) is 8. The van der Waals surface area contributed by atoms with Crippen LogP contribution in [0.3, 0.4) is 0 Å². The lowest BCUT2D eigenvalue weighted by molar-refractivity contribution is -0.193. The number of aromatic carboxylic acids is 1. The van der Waals surface area contributed by atoms with Crippen molar-refractivity contribution in [3.63, 3.8) is 0 Å². The van der Waals surface area contributed by atoms with E-state index >= 15 is 0 Å². The number of carbonyl (C=O) groups is 6. The summed E-state index contributed by atoms with van der Waals surface area (Å²) in [5, 5.41) is 25.8. The number of sulfonamides is 2. The van der Waals surface area contributed by atoms with E-state index in [4.69, 9.17) is 40.9 Å². The van der Waals surface area contributed by atoms with Gasteiger partial charge in [-0.2, -0.15) is 64.2 Å². The Bertz CT molecular complexity index is 4000. The molecule has 4 heterocycles. The van der Waals surface area contributed by atoms with E-state index in [0.29, 0.717) is 21.6 Å². The lowest BCUT2D eigenvalue weighted by Crippen LogP contribution is -2.36. The third kappa shape index (κ3) is 28.8. The fourth-order valence-corrected chi connectivity index (χ4v) is 9.91. The number of nitrogens with one attached hydrogen (secondary N) is 5. The molecule has 4 aromatic heterocycles. The van der Waals surface area contributed by atoms with E-state index in [0.717, 1.165) is 31.3 Å². The van der Waals surface area contributed by atoms with Gasteiger partial charge >= 0.3 is 49.4 Å². The highest BCUT2D eigenvalue weighted by molar-refractivity contribution is 9.10. The van der Waals surface area contributed by atoms with Crippen molar-refractivity contribution in [2.24, 2.45) is 7.05 Å². The zero-order chi connectivity index (χ0) is 74.2. The van der Waals surface area contributed by atoms with Crippen LogP contribution in [0.2, 0.25) is 5.02 Å². The molecule has 0 bridgehead atoms. The third-order valence-corrected chi connectivity index (χ3v) is 14.3. The summed E-state index contributed by atoms with van der Waals surface area (Å²) < 4.78 is 188. The number of pyridine rings is 1. The van der Waals surface area contributed by atoms with Crippen LogP contribution in [0.5, 0.6) is 23.5 Å². The summed E-state index contributed by atoms with van der Waals surface area (Å²) in [6, 6.07) is 7.99. The second-order valence-corrected chi connectivity index (χ2v) is 27.1. The first-order valence-electron chi connectivity index (χ1n) is 25.6. The van der Waals surface area contributed by atoms with Crippen molar-refractivity contribution in [1.29, 1.82) is 0 Å². The number of benzene rings is 2. The first-order chi connectivity index (χ1) is 44.7. The number of urea groups is 2. The Hall–Kier alpha value is -8.85. The number of aliphatic carboxylic acids is 1. The van der Waals surface area contributed by atoms with Crippen molar-refractivity contribution in [2.45, 2.75) is 49.3 Å². The van der Waals surface area contributed by atoms with Gasteiger partial charge in [-0.3, -0.25) is 30.2 Å². The molecule has 2 aromatic carbocycles. The van der Waals surface area contributed by atoms with Crippen molar-refractivity contribution >= 4 is 114 Å². The summed E-state index contributed by atoms with van der Waals surface area (Å²) in [5.41, 5.74) is -2.69. The van der Waals surface area contributed by atoms with Gasteiger partial charge in [0, 0.05) is 32.9 Å². The molecule has 33 nitrogen and oxygen atoms in total. The average Bonchev–Trinajstić information content (AvgIpc) is 1.66. The number of anilines is 2. The number of rotatable bonds is 21. The maximum absolute atomic E-state index is 14.3. The van der Waals surface area contributed by atoms with Gasteiger partial charge in [0.15, 0.2) is 10.7 Å². The minimum Gasteiger partial charge on any atom is -0.778 e. The van der Waals surface area contributed by atoms with Crippen LogP contribution in [0.25, 0.3) is 11.3 Å². The molecule has 6 aromatic rings. The molecular weight excluding hydrogens is 1500 g/mol. The lowest BCUT2D eigenvalue weighted by Gasteiger charge is -2.14. The van der Waals surface area contributed by atoms with Crippen LogP contribution >= 0.6 is 35.1 Å². The molecule has 0 saturated heterocycles. The van der Waals surface area contributed by atoms with Gasteiger partial charge in [0.05, 0.1) is 90.2 Å². The smallest absolute Gasteiger partial charge is 0.434 e. The van der Waals surface area contributed by atoms with E-state index in [1.54, 1.807) is 23.9 Å². The Labute approximate surface area is 560 Å². The molecule has 0 aliphatic heterocycles. The standard InChI is InChI=1S/C15H12BrClF4N2O2.C15H18N6O6S.C14H10F4N4O7S.C3H8NO5P.C3H9S/c1-6(2)25-14(24)7-4-8(10(18)5-9(7)17)12-11(16)13(15(19,20)21)23(3)22-12;1-21(2)13(22)9-6-5-7-16-12(9)28(24,25)20-15(23)19-14-17-10(26-3)8-11(18-14)27-4;15-11(16)28-8-5-9(29-12(17)18)20-13(19-8)21-14(25)22-30(26,27)7-4-2-1-3-6(7)10(23)24;5-3(6)1-4-2-10(7,8)9;1-4(2)3/h4-6H,1-3H3;5-8H,1-4H3,(H2,17,18,19,20,23);1-5,11-12H,(H,23,24)(H2,19,20,21,22,25);4H,1-2H2,(H,5,6)(H2,7,8,9);1-3H3/q;;;;+1/p-1. The van der Waals surface area contributed by atoms with Crippen LogP contribution < -0.4 is 49.2 Å². The zero-order valence-corrected chi connectivity index (χ0v) is 57.0. The predicted octanol–water partition coefficient (Wildman–Crippen LogP) is 5.87. The molecule has 0 fully saturated rings. The Morgan fingerprint density at radius 2 is 1.26 bits per heavy atom. The normalized spacial score (nSPS) is 11.7. The number of ether oxygens (including phenoxy) is 5. The molecule has 534 valence electrons. The van der Waals surface area contributed by atoms with Crippen molar-refractivity contribution in [3.05, 3.63) is 105 Å². The SMILES string of the molecule is CC(C)OC(=O)c1cc(-c2nn(C)c(C(F)(F)F)c2Br)c(F)cc1Cl.COc1cc(OC)nc(NC(=O)NS(=O)(=O)c2ncccc2C(=O)N(C)C)n1.C[S+](C)C.O=C(Nc1nc(OC(F)F)cc(OC(F)F)n1)NS(=O)(=O)c1ccccc1C(=O)O.O=C(O)CNCP(=O)([O-])O. The van der Waals surface area contributed by atoms with E-state index in [1.165, 1.54) is 74.5 Å². The van der Waals surface area contributed by atoms with Crippen LogP contribution in [-0.2, 0) is 58.3 Å². The van der Waals surface area contributed by atoms with E-state index < -0.39 is 151 Å². The molecule has 0 spiro atoms. The van der Waals surface area contributed by atoms with E-state index in [9.17, 15) is 90.2 Å². The van der Waals surface area contributed by atoms with Gasteiger partial charge < -0.3 is 53.1 Å². The minimum atomic E-state index is -4.71. The summed E-state index contributed by atoms with van der Waals surface area (Å²) in [4.78, 5) is 106. The fourth-order valence-electron chi connectivity index (χ4n) is 6.37. The van der Waals surface area contributed by atoms with Gasteiger partial charge in [-0.05, 0) is 77.1 Å². The van der Waals surface area contributed by atoms with Gasteiger partial charge in [-0.15, -0.1) is 0 Å². The number of nitrogens with zero attached hydrogens (tertiary/aromatic N) is 8. The molecule has 0 aliphatic rings. The summed E-state index contributed by atoms with van der Waals surface area (Å²) in [7, 11) is -6.19.